The van der Waals surface area contributed by atoms with Crippen LogP contribution in [0.5, 0.6) is 17.2 Å². The summed E-state index contributed by atoms with van der Waals surface area (Å²) < 4.78 is 16.0. The summed E-state index contributed by atoms with van der Waals surface area (Å²) in [5.74, 6) is 1.19. The Hall–Kier alpha value is -2.60. The van der Waals surface area contributed by atoms with Crippen LogP contribution in [-0.2, 0) is 6.42 Å². The van der Waals surface area contributed by atoms with Crippen molar-refractivity contribution in [2.45, 2.75) is 25.3 Å². The minimum Gasteiger partial charge on any atom is -0.493 e. The predicted octanol–water partition coefficient (Wildman–Crippen LogP) is 3.52. The fourth-order valence-electron chi connectivity index (χ4n) is 3.44. The van der Waals surface area contributed by atoms with Crippen LogP contribution in [0.2, 0.25) is 0 Å². The molecular weight excluding hydrogens is 368 g/mol. The van der Waals surface area contributed by atoms with Gasteiger partial charge in [-0.05, 0) is 54.7 Å². The van der Waals surface area contributed by atoms with E-state index in [2.05, 4.69) is 5.32 Å². The third-order valence-electron chi connectivity index (χ3n) is 4.71. The number of carbonyl (C=O) groups is 1. The molecule has 0 spiro atoms. The molecule has 2 aromatic rings. The minimum atomic E-state index is -0.182. The van der Waals surface area contributed by atoms with E-state index in [9.17, 15) is 4.79 Å². The fraction of sp³-hybridized carbons (Fsp3) is 0.350. The molecule has 146 valence electrons. The van der Waals surface area contributed by atoms with E-state index in [1.54, 1.807) is 12.1 Å². The molecule has 0 aromatic heterocycles. The normalized spacial score (nSPS) is 15.1. The van der Waals surface area contributed by atoms with Crippen molar-refractivity contribution in [2.24, 2.45) is 0 Å². The number of nitrogens with one attached hydrogen (secondary N) is 1. The zero-order valence-electron chi connectivity index (χ0n) is 15.7. The number of benzene rings is 2. The van der Waals surface area contributed by atoms with Gasteiger partial charge in [-0.25, -0.2) is 0 Å². The average molecular weight is 393 g/mol. The van der Waals surface area contributed by atoms with Crippen molar-refractivity contribution >= 4 is 24.0 Å². The summed E-state index contributed by atoms with van der Waals surface area (Å²) in [6, 6.07) is 9.15. The van der Waals surface area contributed by atoms with Gasteiger partial charge in [0.1, 0.15) is 0 Å². The lowest BCUT2D eigenvalue weighted by atomic mass is 9.87. The number of nitrogen functional groups attached to an aromatic ring is 1. The number of anilines is 1. The Morgan fingerprint density at radius 2 is 1.74 bits per heavy atom. The second-order valence-corrected chi connectivity index (χ2v) is 6.29. The minimum absolute atomic E-state index is 0. The van der Waals surface area contributed by atoms with Crippen molar-refractivity contribution in [2.75, 3.05) is 27.1 Å². The molecule has 1 aliphatic rings. The second-order valence-electron chi connectivity index (χ2n) is 6.29. The molecule has 0 fully saturated rings. The Balaban J connectivity index is 0.00000261. The van der Waals surface area contributed by atoms with Gasteiger partial charge in [-0.2, -0.15) is 0 Å². The zero-order chi connectivity index (χ0) is 18.7. The maximum Gasteiger partial charge on any atom is 0.252 e. The molecule has 0 saturated heterocycles. The van der Waals surface area contributed by atoms with Crippen molar-refractivity contribution in [3.05, 3.63) is 47.0 Å². The summed E-state index contributed by atoms with van der Waals surface area (Å²) >= 11 is 0. The number of amides is 1. The molecule has 3 N–H and O–H groups in total. The lowest BCUT2D eigenvalue weighted by molar-refractivity contribution is 0.0932. The monoisotopic (exact) mass is 392 g/mol. The van der Waals surface area contributed by atoms with E-state index < -0.39 is 0 Å². The van der Waals surface area contributed by atoms with Crippen molar-refractivity contribution < 1.29 is 19.0 Å². The molecule has 7 heteroatoms. The molecule has 0 aliphatic heterocycles. The van der Waals surface area contributed by atoms with Crippen LogP contribution >= 0.6 is 12.4 Å². The van der Waals surface area contributed by atoms with Crippen LogP contribution in [0.25, 0.3) is 0 Å². The Labute approximate surface area is 165 Å². The average Bonchev–Trinajstić information content (AvgIpc) is 2.66. The maximum atomic E-state index is 12.8. The fourth-order valence-corrected chi connectivity index (χ4v) is 3.44. The molecule has 1 atom stereocenters. The first-order valence-corrected chi connectivity index (χ1v) is 8.56. The maximum absolute atomic E-state index is 12.8. The summed E-state index contributed by atoms with van der Waals surface area (Å²) in [6.45, 7) is 0. The third kappa shape index (κ3) is 4.22. The summed E-state index contributed by atoms with van der Waals surface area (Å²) in [5, 5.41) is 3.12. The topological polar surface area (TPSA) is 82.8 Å². The van der Waals surface area contributed by atoms with Gasteiger partial charge in [0.15, 0.2) is 11.5 Å². The Morgan fingerprint density at radius 1 is 1.07 bits per heavy atom. The molecule has 27 heavy (non-hydrogen) atoms. The second kappa shape index (κ2) is 8.86. The number of carbonyl (C=O) groups excluding carboxylic acids is 1. The molecule has 0 saturated carbocycles. The lowest BCUT2D eigenvalue weighted by Gasteiger charge is -2.27. The Morgan fingerprint density at radius 3 is 2.33 bits per heavy atom. The van der Waals surface area contributed by atoms with Crippen molar-refractivity contribution in [1.82, 2.24) is 5.32 Å². The van der Waals surface area contributed by atoms with Crippen molar-refractivity contribution in [3.8, 4) is 17.2 Å². The molecule has 6 nitrogen and oxygen atoms in total. The summed E-state index contributed by atoms with van der Waals surface area (Å²) in [7, 11) is 4.59. The molecule has 3 rings (SSSR count). The summed E-state index contributed by atoms with van der Waals surface area (Å²) in [6.07, 6.45) is 2.89. The van der Waals surface area contributed by atoms with E-state index in [0.717, 1.165) is 30.5 Å². The van der Waals surface area contributed by atoms with E-state index in [4.69, 9.17) is 19.9 Å². The van der Waals surface area contributed by atoms with Crippen LogP contribution in [0.1, 0.15) is 40.4 Å². The summed E-state index contributed by atoms with van der Waals surface area (Å²) in [4.78, 5) is 12.8. The van der Waals surface area contributed by atoms with Crippen LogP contribution in [0.4, 0.5) is 5.69 Å². The van der Waals surface area contributed by atoms with Gasteiger partial charge in [-0.15, -0.1) is 12.4 Å². The van der Waals surface area contributed by atoms with Gasteiger partial charge in [-0.3, -0.25) is 4.79 Å². The first-order chi connectivity index (χ1) is 12.6. The number of ether oxygens (including phenoxy) is 3. The molecule has 0 radical (unpaired) electrons. The molecule has 1 amide bonds. The van der Waals surface area contributed by atoms with Gasteiger partial charge in [0.2, 0.25) is 5.75 Å². The Kier molecular flexibility index (Phi) is 6.80. The Bertz CT molecular complexity index is 801. The standard InChI is InChI=1S/C20H24N2O4.ClH/c1-24-17-10-13(11-18(25-2)19(17)26-3)20(23)22-16-6-4-5-12-9-14(21)7-8-15(12)16;/h7-11,16H,4-6,21H2,1-3H3,(H,22,23);1H. The highest BCUT2D eigenvalue weighted by atomic mass is 35.5. The SMILES string of the molecule is COc1cc(C(=O)NC2CCCc3cc(N)ccc32)cc(OC)c1OC.Cl. The molecule has 0 bridgehead atoms. The molecule has 2 aromatic carbocycles. The number of rotatable bonds is 5. The smallest absolute Gasteiger partial charge is 0.252 e. The number of hydrogen-bond donors (Lipinski definition) is 2. The van der Waals surface area contributed by atoms with Gasteiger partial charge in [0.25, 0.3) is 5.91 Å². The number of nitrogens with two attached hydrogens (primary N) is 1. The van der Waals surface area contributed by atoms with Crippen LogP contribution in [0, 0.1) is 0 Å². The zero-order valence-corrected chi connectivity index (χ0v) is 16.5. The highest BCUT2D eigenvalue weighted by Crippen LogP contribution is 2.38. The quantitative estimate of drug-likeness (QED) is 0.760. The number of fused-ring (bicyclic) bond motifs is 1. The number of halogens is 1. The summed E-state index contributed by atoms with van der Waals surface area (Å²) in [5.41, 5.74) is 9.43. The van der Waals surface area contributed by atoms with Gasteiger partial charge >= 0.3 is 0 Å². The van der Waals surface area contributed by atoms with Gasteiger partial charge < -0.3 is 25.3 Å². The van der Waals surface area contributed by atoms with E-state index in [1.165, 1.54) is 26.9 Å². The lowest BCUT2D eigenvalue weighted by Crippen LogP contribution is -2.31. The first kappa shape index (κ1) is 20.7. The van der Waals surface area contributed by atoms with Gasteiger partial charge in [0.05, 0.1) is 27.4 Å². The predicted molar refractivity (Wildman–Crippen MR) is 107 cm³/mol. The van der Waals surface area contributed by atoms with Crippen LogP contribution in [0.3, 0.4) is 0 Å². The number of methoxy groups -OCH3 is 3. The first-order valence-electron chi connectivity index (χ1n) is 8.56. The van der Waals surface area contributed by atoms with Gasteiger partial charge in [-0.1, -0.05) is 6.07 Å². The third-order valence-corrected chi connectivity index (χ3v) is 4.71. The van der Waals surface area contributed by atoms with Crippen molar-refractivity contribution in [1.29, 1.82) is 0 Å². The molecular formula is C20H25ClN2O4. The molecule has 0 heterocycles. The van der Waals surface area contributed by atoms with Crippen LogP contribution < -0.4 is 25.3 Å². The highest BCUT2D eigenvalue weighted by molar-refractivity contribution is 5.96. The van der Waals surface area contributed by atoms with Crippen LogP contribution in [0.15, 0.2) is 30.3 Å². The van der Waals surface area contributed by atoms with E-state index in [0.29, 0.717) is 22.8 Å². The van der Waals surface area contributed by atoms with E-state index >= 15 is 0 Å². The van der Waals surface area contributed by atoms with E-state index in [-0.39, 0.29) is 24.4 Å². The highest BCUT2D eigenvalue weighted by Gasteiger charge is 2.24. The largest absolute Gasteiger partial charge is 0.493 e. The van der Waals surface area contributed by atoms with E-state index in [1.807, 2.05) is 18.2 Å². The van der Waals surface area contributed by atoms with Gasteiger partial charge in [0, 0.05) is 11.3 Å². The molecule has 1 unspecified atom stereocenters. The van der Waals surface area contributed by atoms with Crippen LogP contribution in [-0.4, -0.2) is 27.2 Å². The number of hydrogen-bond acceptors (Lipinski definition) is 5. The van der Waals surface area contributed by atoms with Crippen molar-refractivity contribution in [3.63, 3.8) is 0 Å². The number of aryl methyl sites for hydroxylation is 1. The molecule has 1 aliphatic carbocycles.